The molecule has 0 radical (unpaired) electrons. The van der Waals surface area contributed by atoms with Crippen LogP contribution in [0.5, 0.6) is 0 Å². The molecular formula is C21H23N3OS. The number of aromatic nitrogens is 2. The van der Waals surface area contributed by atoms with Crippen LogP contribution in [0.3, 0.4) is 0 Å². The molecule has 0 fully saturated rings. The fraction of sp³-hybridized carbons (Fsp3) is 0.238. The van der Waals surface area contributed by atoms with Crippen molar-refractivity contribution >= 4 is 17.7 Å². The molecule has 0 spiro atoms. The van der Waals surface area contributed by atoms with Crippen molar-refractivity contribution in [3.05, 3.63) is 77.1 Å². The lowest BCUT2D eigenvalue weighted by molar-refractivity contribution is -0.118. The minimum absolute atomic E-state index is 0.00533. The van der Waals surface area contributed by atoms with Crippen LogP contribution in [-0.4, -0.2) is 21.2 Å². The van der Waals surface area contributed by atoms with E-state index in [2.05, 4.69) is 61.4 Å². The lowest BCUT2D eigenvalue weighted by atomic mass is 10.1. The van der Waals surface area contributed by atoms with Crippen molar-refractivity contribution < 1.29 is 4.79 Å². The van der Waals surface area contributed by atoms with Gasteiger partial charge in [-0.25, -0.2) is 4.98 Å². The molecule has 1 aromatic heterocycles. The first-order valence-electron chi connectivity index (χ1n) is 8.59. The number of hydrogen-bond acceptors (Lipinski definition) is 3. The molecule has 0 aliphatic rings. The number of imidazole rings is 1. The number of thioether (sulfide) groups is 1. The Bertz CT molecular complexity index is 900. The summed E-state index contributed by atoms with van der Waals surface area (Å²) in [6.45, 7) is 6.77. The number of aryl methyl sites for hydroxylation is 3. The normalized spacial score (nSPS) is 10.7. The van der Waals surface area contributed by atoms with Crippen LogP contribution in [0.4, 0.5) is 0 Å². The molecule has 3 aromatic rings. The van der Waals surface area contributed by atoms with Crippen molar-refractivity contribution in [3.63, 3.8) is 0 Å². The highest BCUT2D eigenvalue weighted by molar-refractivity contribution is 7.99. The molecule has 0 bridgehead atoms. The second-order valence-corrected chi connectivity index (χ2v) is 7.36. The Balaban J connectivity index is 1.59. The van der Waals surface area contributed by atoms with Gasteiger partial charge in [-0.2, -0.15) is 0 Å². The third kappa shape index (κ3) is 4.55. The zero-order valence-electron chi connectivity index (χ0n) is 15.3. The minimum Gasteiger partial charge on any atom is -0.351 e. The number of hydrogen-bond donors (Lipinski definition) is 1. The average Bonchev–Trinajstić information content (AvgIpc) is 3.08. The Labute approximate surface area is 158 Å². The number of carbonyl (C=O) groups is 1. The van der Waals surface area contributed by atoms with Gasteiger partial charge in [0.15, 0.2) is 5.16 Å². The maximum atomic E-state index is 12.2. The van der Waals surface area contributed by atoms with Gasteiger partial charge in [0.1, 0.15) is 0 Å². The van der Waals surface area contributed by atoms with Gasteiger partial charge >= 0.3 is 0 Å². The number of amides is 1. The van der Waals surface area contributed by atoms with Crippen LogP contribution < -0.4 is 5.32 Å². The summed E-state index contributed by atoms with van der Waals surface area (Å²) in [6, 6.07) is 14.5. The van der Waals surface area contributed by atoms with E-state index in [1.807, 2.05) is 22.9 Å². The van der Waals surface area contributed by atoms with Crippen LogP contribution in [0.1, 0.15) is 22.3 Å². The molecule has 5 heteroatoms. The minimum atomic E-state index is 0.00533. The summed E-state index contributed by atoms with van der Waals surface area (Å²) in [6.07, 6.45) is 3.70. The van der Waals surface area contributed by atoms with Crippen LogP contribution in [0, 0.1) is 20.8 Å². The highest BCUT2D eigenvalue weighted by atomic mass is 32.2. The van der Waals surface area contributed by atoms with E-state index in [1.54, 1.807) is 6.20 Å². The van der Waals surface area contributed by atoms with E-state index in [0.717, 1.165) is 16.4 Å². The molecule has 0 unspecified atom stereocenters. The average molecular weight is 366 g/mol. The number of nitrogens with one attached hydrogen (secondary N) is 1. The molecule has 2 aromatic carbocycles. The Morgan fingerprint density at radius 3 is 2.54 bits per heavy atom. The fourth-order valence-corrected chi connectivity index (χ4v) is 3.54. The van der Waals surface area contributed by atoms with Crippen LogP contribution in [0.15, 0.2) is 60.0 Å². The molecule has 26 heavy (non-hydrogen) atoms. The van der Waals surface area contributed by atoms with Gasteiger partial charge in [-0.15, -0.1) is 0 Å². The van der Waals surface area contributed by atoms with Gasteiger partial charge in [-0.1, -0.05) is 59.3 Å². The van der Waals surface area contributed by atoms with Crippen molar-refractivity contribution in [2.24, 2.45) is 0 Å². The topological polar surface area (TPSA) is 46.9 Å². The number of rotatable bonds is 6. The summed E-state index contributed by atoms with van der Waals surface area (Å²) in [5.74, 6) is 0.346. The van der Waals surface area contributed by atoms with Gasteiger partial charge < -0.3 is 5.32 Å². The van der Waals surface area contributed by atoms with Crippen LogP contribution in [0.25, 0.3) is 5.69 Å². The van der Waals surface area contributed by atoms with Gasteiger partial charge in [0.05, 0.1) is 11.4 Å². The molecule has 0 aliphatic carbocycles. The molecule has 1 heterocycles. The van der Waals surface area contributed by atoms with E-state index < -0.39 is 0 Å². The van der Waals surface area contributed by atoms with Crippen LogP contribution >= 0.6 is 11.8 Å². The lowest BCUT2D eigenvalue weighted by Crippen LogP contribution is -2.24. The van der Waals surface area contributed by atoms with Crippen molar-refractivity contribution in [1.29, 1.82) is 0 Å². The molecule has 0 atom stereocenters. The highest BCUT2D eigenvalue weighted by Crippen LogP contribution is 2.23. The maximum Gasteiger partial charge on any atom is 0.230 e. The molecule has 1 amide bonds. The fourth-order valence-electron chi connectivity index (χ4n) is 2.74. The summed E-state index contributed by atoms with van der Waals surface area (Å²) in [4.78, 5) is 16.6. The van der Waals surface area contributed by atoms with E-state index in [9.17, 15) is 4.79 Å². The van der Waals surface area contributed by atoms with E-state index in [0.29, 0.717) is 12.3 Å². The van der Waals surface area contributed by atoms with Gasteiger partial charge in [-0.3, -0.25) is 9.36 Å². The van der Waals surface area contributed by atoms with Crippen molar-refractivity contribution in [3.8, 4) is 5.69 Å². The largest absolute Gasteiger partial charge is 0.351 e. The van der Waals surface area contributed by atoms with Gasteiger partial charge in [-0.05, 0) is 38.0 Å². The molecule has 134 valence electrons. The first-order valence-corrected chi connectivity index (χ1v) is 9.57. The second kappa shape index (κ2) is 8.23. The standard InChI is InChI=1S/C21H23N3OS/c1-15-4-7-18(8-5-15)13-23-20(25)14-26-21-22-10-11-24(21)19-9-6-16(2)12-17(19)3/h4-12H,13-14H2,1-3H3,(H,23,25). The maximum absolute atomic E-state index is 12.2. The quantitative estimate of drug-likeness (QED) is 0.666. The van der Waals surface area contributed by atoms with E-state index in [-0.39, 0.29) is 5.91 Å². The summed E-state index contributed by atoms with van der Waals surface area (Å²) in [5, 5.41) is 3.78. The molecule has 0 aliphatic heterocycles. The first-order chi connectivity index (χ1) is 12.5. The SMILES string of the molecule is Cc1ccc(CNC(=O)CSc2nccn2-c2ccc(C)cc2C)cc1. The summed E-state index contributed by atoms with van der Waals surface area (Å²) >= 11 is 1.45. The molecule has 3 rings (SSSR count). The molecule has 0 saturated carbocycles. The van der Waals surface area contributed by atoms with Gasteiger partial charge in [0.2, 0.25) is 5.91 Å². The predicted molar refractivity (Wildman–Crippen MR) is 107 cm³/mol. The number of carbonyl (C=O) groups excluding carboxylic acids is 1. The van der Waals surface area contributed by atoms with Crippen LogP contribution in [0.2, 0.25) is 0 Å². The summed E-state index contributed by atoms with van der Waals surface area (Å²) in [7, 11) is 0. The first kappa shape index (κ1) is 18.3. The molecule has 4 nitrogen and oxygen atoms in total. The van der Waals surface area contributed by atoms with Crippen molar-refractivity contribution in [2.75, 3.05) is 5.75 Å². The number of nitrogens with zero attached hydrogens (tertiary/aromatic N) is 2. The van der Waals surface area contributed by atoms with E-state index in [4.69, 9.17) is 0 Å². The Hall–Kier alpha value is -2.53. The van der Waals surface area contributed by atoms with E-state index >= 15 is 0 Å². The molecule has 0 saturated heterocycles. The lowest BCUT2D eigenvalue weighted by Gasteiger charge is -2.11. The van der Waals surface area contributed by atoms with E-state index in [1.165, 1.54) is 28.5 Å². The summed E-state index contributed by atoms with van der Waals surface area (Å²) in [5.41, 5.74) is 5.83. The van der Waals surface area contributed by atoms with Crippen LogP contribution in [-0.2, 0) is 11.3 Å². The number of benzene rings is 2. The monoisotopic (exact) mass is 365 g/mol. The Morgan fingerprint density at radius 1 is 1.08 bits per heavy atom. The van der Waals surface area contributed by atoms with Crippen molar-refractivity contribution in [2.45, 2.75) is 32.5 Å². The zero-order chi connectivity index (χ0) is 18.5. The Kier molecular flexibility index (Phi) is 5.78. The third-order valence-corrected chi connectivity index (χ3v) is 5.13. The smallest absolute Gasteiger partial charge is 0.230 e. The van der Waals surface area contributed by atoms with Crippen molar-refractivity contribution in [1.82, 2.24) is 14.9 Å². The highest BCUT2D eigenvalue weighted by Gasteiger charge is 2.10. The zero-order valence-corrected chi connectivity index (χ0v) is 16.1. The predicted octanol–water partition coefficient (Wildman–Crippen LogP) is 4.21. The Morgan fingerprint density at radius 2 is 1.81 bits per heavy atom. The molecular weight excluding hydrogens is 342 g/mol. The van der Waals surface area contributed by atoms with Gasteiger partial charge in [0, 0.05) is 18.9 Å². The van der Waals surface area contributed by atoms with Gasteiger partial charge in [0.25, 0.3) is 0 Å². The second-order valence-electron chi connectivity index (χ2n) is 6.42. The molecule has 1 N–H and O–H groups in total. The third-order valence-electron chi connectivity index (χ3n) is 4.16. The summed E-state index contributed by atoms with van der Waals surface area (Å²) < 4.78 is 2.03.